The average molecular weight is 390 g/mol. The van der Waals surface area contributed by atoms with Crippen molar-refractivity contribution >= 4 is 27.8 Å². The van der Waals surface area contributed by atoms with E-state index in [2.05, 4.69) is 12.6 Å². The van der Waals surface area contributed by atoms with Gasteiger partial charge >= 0.3 is 0 Å². The van der Waals surface area contributed by atoms with E-state index < -0.39 is 15.6 Å². The minimum atomic E-state index is -3.72. The Labute approximate surface area is 160 Å². The number of carbonyl (C=O) groups excluding carboxylic acids is 1. The molecule has 0 unspecified atom stereocenters. The first-order valence-electron chi connectivity index (χ1n) is 8.82. The van der Waals surface area contributed by atoms with Crippen LogP contribution in [0.3, 0.4) is 0 Å². The lowest BCUT2D eigenvalue weighted by Crippen LogP contribution is -2.51. The molecule has 0 bridgehead atoms. The van der Waals surface area contributed by atoms with Crippen LogP contribution in [-0.2, 0) is 21.2 Å². The van der Waals surface area contributed by atoms with Crippen LogP contribution in [0.4, 0.5) is 0 Å². The highest BCUT2D eigenvalue weighted by atomic mass is 32.2. The van der Waals surface area contributed by atoms with Crippen molar-refractivity contribution in [3.05, 3.63) is 66.2 Å². The van der Waals surface area contributed by atoms with Crippen LogP contribution in [0, 0.1) is 0 Å². The lowest BCUT2D eigenvalue weighted by Gasteiger charge is -2.35. The van der Waals surface area contributed by atoms with E-state index in [-0.39, 0.29) is 10.0 Å². The Bertz CT molecular complexity index is 853. The number of aryl methyl sites for hydroxylation is 1. The lowest BCUT2D eigenvalue weighted by molar-refractivity contribution is -0.118. The zero-order chi connectivity index (χ0) is 18.6. The highest BCUT2D eigenvalue weighted by Crippen LogP contribution is 2.40. The summed E-state index contributed by atoms with van der Waals surface area (Å²) in [5.41, 5.74) is 0.136. The Morgan fingerprint density at radius 1 is 1.04 bits per heavy atom. The van der Waals surface area contributed by atoms with E-state index in [0.29, 0.717) is 25.8 Å². The van der Waals surface area contributed by atoms with Crippen molar-refractivity contribution in [2.45, 2.75) is 42.5 Å². The van der Waals surface area contributed by atoms with Crippen LogP contribution in [0.15, 0.2) is 65.6 Å². The second kappa shape index (κ2) is 7.94. The van der Waals surface area contributed by atoms with Gasteiger partial charge in [-0.2, -0.15) is 4.31 Å². The maximum Gasteiger partial charge on any atom is 0.244 e. The molecular formula is C20H23NO3S2. The van der Waals surface area contributed by atoms with Crippen molar-refractivity contribution in [2.24, 2.45) is 0 Å². The molecule has 0 radical (unpaired) electrons. The summed E-state index contributed by atoms with van der Waals surface area (Å²) < 4.78 is 27.6. The number of nitrogens with zero attached hydrogens (tertiary/aromatic N) is 1. The van der Waals surface area contributed by atoms with Crippen molar-refractivity contribution < 1.29 is 13.2 Å². The Kier molecular flexibility index (Phi) is 5.85. The molecule has 1 saturated heterocycles. The third-order valence-electron chi connectivity index (χ3n) is 5.06. The molecule has 1 fully saturated rings. The smallest absolute Gasteiger partial charge is 0.244 e. The van der Waals surface area contributed by atoms with Gasteiger partial charge in [-0.25, -0.2) is 8.42 Å². The molecule has 0 saturated carbocycles. The monoisotopic (exact) mass is 389 g/mol. The Morgan fingerprint density at radius 2 is 1.65 bits per heavy atom. The molecule has 0 spiro atoms. The number of sulfonamides is 1. The molecular weight excluding hydrogens is 366 g/mol. The van der Waals surface area contributed by atoms with Gasteiger partial charge in [-0.05, 0) is 49.8 Å². The molecule has 0 amide bonds. The molecule has 6 heteroatoms. The Balaban J connectivity index is 1.84. The highest BCUT2D eigenvalue weighted by molar-refractivity contribution is 7.97. The van der Waals surface area contributed by atoms with Crippen LogP contribution in [-0.4, -0.2) is 29.9 Å². The molecule has 0 N–H and O–H groups in total. The van der Waals surface area contributed by atoms with E-state index in [4.69, 9.17) is 0 Å². The fourth-order valence-electron chi connectivity index (χ4n) is 3.72. The number of rotatable bonds is 7. The standard InChI is InChI=1S/C20H23NO3S2/c22-19(25)20(14-7-11-17-9-3-1-4-10-17)15-8-16-21(20)26(23,24)18-12-5-2-6-13-18/h1-6,9-10,12-13H,7-8,11,14-16H2,(H,22,25)/t20-/m0/s1. The fourth-order valence-corrected chi connectivity index (χ4v) is 5.99. The number of thiol groups is 1. The van der Waals surface area contributed by atoms with E-state index in [1.807, 2.05) is 30.3 Å². The predicted molar refractivity (Wildman–Crippen MR) is 106 cm³/mol. The second-order valence-electron chi connectivity index (χ2n) is 6.67. The molecule has 0 aromatic heterocycles. The minimum absolute atomic E-state index is 0.226. The molecule has 0 aliphatic carbocycles. The summed E-state index contributed by atoms with van der Waals surface area (Å²) in [6.45, 7) is 0.356. The van der Waals surface area contributed by atoms with E-state index in [0.717, 1.165) is 12.8 Å². The summed E-state index contributed by atoms with van der Waals surface area (Å²) in [5.74, 6) is 0. The topological polar surface area (TPSA) is 54.5 Å². The average Bonchev–Trinajstić information content (AvgIpc) is 3.09. The van der Waals surface area contributed by atoms with Gasteiger partial charge in [-0.3, -0.25) is 4.79 Å². The van der Waals surface area contributed by atoms with E-state index >= 15 is 0 Å². The van der Waals surface area contributed by atoms with Gasteiger partial charge in [0.15, 0.2) is 0 Å². The number of hydrogen-bond acceptors (Lipinski definition) is 3. The molecule has 1 heterocycles. The number of carbonyl (C=O) groups is 1. The Hall–Kier alpha value is -1.63. The van der Waals surface area contributed by atoms with E-state index in [1.165, 1.54) is 9.87 Å². The van der Waals surface area contributed by atoms with E-state index in [1.54, 1.807) is 30.3 Å². The van der Waals surface area contributed by atoms with Gasteiger partial charge in [0.25, 0.3) is 0 Å². The predicted octanol–water partition coefficient (Wildman–Crippen LogP) is 3.69. The first kappa shape index (κ1) is 19.1. The maximum atomic E-state index is 13.1. The zero-order valence-electron chi connectivity index (χ0n) is 14.5. The summed E-state index contributed by atoms with van der Waals surface area (Å²) in [5, 5.41) is -0.359. The highest BCUT2D eigenvalue weighted by Gasteiger charge is 2.51. The van der Waals surface area contributed by atoms with Gasteiger partial charge in [0.05, 0.1) is 4.90 Å². The van der Waals surface area contributed by atoms with Crippen LogP contribution in [0.2, 0.25) is 0 Å². The first-order chi connectivity index (χ1) is 12.5. The van der Waals surface area contributed by atoms with Crippen molar-refractivity contribution in [1.82, 2.24) is 4.31 Å². The van der Waals surface area contributed by atoms with E-state index in [9.17, 15) is 13.2 Å². The van der Waals surface area contributed by atoms with Gasteiger partial charge in [0.2, 0.25) is 15.1 Å². The fraction of sp³-hybridized carbons (Fsp3) is 0.350. The lowest BCUT2D eigenvalue weighted by atomic mass is 9.91. The SMILES string of the molecule is O=C(S)[C@]1(CCCc2ccccc2)CCCN1S(=O)(=O)c1ccccc1. The van der Waals surface area contributed by atoms with Gasteiger partial charge in [0.1, 0.15) is 5.54 Å². The second-order valence-corrected chi connectivity index (χ2v) is 8.94. The molecule has 2 aromatic carbocycles. The van der Waals surface area contributed by atoms with Crippen molar-refractivity contribution in [1.29, 1.82) is 0 Å². The summed E-state index contributed by atoms with van der Waals surface area (Å²) in [7, 11) is -3.72. The Morgan fingerprint density at radius 3 is 2.27 bits per heavy atom. The molecule has 26 heavy (non-hydrogen) atoms. The molecule has 3 rings (SSSR count). The normalized spacial score (nSPS) is 21.0. The van der Waals surface area contributed by atoms with Gasteiger partial charge in [0, 0.05) is 6.54 Å². The third kappa shape index (κ3) is 3.72. The summed E-state index contributed by atoms with van der Waals surface area (Å²) >= 11 is 4.10. The van der Waals surface area contributed by atoms with Crippen molar-refractivity contribution in [3.63, 3.8) is 0 Å². The molecule has 1 aliphatic rings. The van der Waals surface area contributed by atoms with Gasteiger partial charge in [-0.15, -0.1) is 12.6 Å². The van der Waals surface area contributed by atoms with Crippen LogP contribution in [0.25, 0.3) is 0 Å². The molecule has 138 valence electrons. The molecule has 1 atom stereocenters. The first-order valence-corrected chi connectivity index (χ1v) is 10.7. The van der Waals surface area contributed by atoms with Gasteiger partial charge < -0.3 is 0 Å². The quantitative estimate of drug-likeness (QED) is 0.735. The summed E-state index contributed by atoms with van der Waals surface area (Å²) in [6, 6.07) is 18.3. The summed E-state index contributed by atoms with van der Waals surface area (Å²) in [4.78, 5) is 12.7. The molecule has 2 aromatic rings. The van der Waals surface area contributed by atoms with Crippen molar-refractivity contribution in [2.75, 3.05) is 6.54 Å². The maximum absolute atomic E-state index is 13.1. The van der Waals surface area contributed by atoms with Crippen LogP contribution < -0.4 is 0 Å². The van der Waals surface area contributed by atoms with Crippen LogP contribution in [0.1, 0.15) is 31.2 Å². The largest absolute Gasteiger partial charge is 0.285 e. The van der Waals surface area contributed by atoms with Crippen molar-refractivity contribution in [3.8, 4) is 0 Å². The number of hydrogen-bond donors (Lipinski definition) is 1. The summed E-state index contributed by atoms with van der Waals surface area (Å²) in [6.07, 6.45) is 3.22. The molecule has 4 nitrogen and oxygen atoms in total. The molecule has 1 aliphatic heterocycles. The zero-order valence-corrected chi connectivity index (χ0v) is 16.3. The van der Waals surface area contributed by atoms with Crippen LogP contribution >= 0.6 is 12.6 Å². The minimum Gasteiger partial charge on any atom is -0.285 e. The van der Waals surface area contributed by atoms with Crippen LogP contribution in [0.5, 0.6) is 0 Å². The number of benzene rings is 2. The third-order valence-corrected chi connectivity index (χ3v) is 7.45. The van der Waals surface area contributed by atoms with Gasteiger partial charge in [-0.1, -0.05) is 48.5 Å².